The minimum Gasteiger partial charge on any atom is -0.496 e. The first-order valence-electron chi connectivity index (χ1n) is 10.8. The summed E-state index contributed by atoms with van der Waals surface area (Å²) in [5.74, 6) is -2.08. The molecular weight excluding hydrogens is 497 g/mol. The van der Waals surface area contributed by atoms with Gasteiger partial charge in [-0.25, -0.2) is 4.79 Å². The van der Waals surface area contributed by atoms with Gasteiger partial charge in [0.1, 0.15) is 5.75 Å². The molecule has 6 nitrogen and oxygen atoms in total. The van der Waals surface area contributed by atoms with Crippen molar-refractivity contribution in [2.75, 3.05) is 12.4 Å². The zero-order valence-electron chi connectivity index (χ0n) is 19.8. The number of carbonyl (C=O) groups excluding carboxylic acids is 1. The second-order valence-electron chi connectivity index (χ2n) is 7.91. The lowest BCUT2D eigenvalue weighted by atomic mass is 10.0. The number of nitrogens with one attached hydrogen (secondary N) is 2. The van der Waals surface area contributed by atoms with Crippen molar-refractivity contribution in [3.8, 4) is 16.9 Å². The Morgan fingerprint density at radius 2 is 1.61 bits per heavy atom. The molecule has 0 radical (unpaired) electrons. The number of carbonyl (C=O) groups is 2. The van der Waals surface area contributed by atoms with Gasteiger partial charge in [0, 0.05) is 34.4 Å². The van der Waals surface area contributed by atoms with Crippen LogP contribution in [0, 0.1) is 0 Å². The zero-order valence-corrected chi connectivity index (χ0v) is 20.6. The van der Waals surface area contributed by atoms with Gasteiger partial charge in [-0.05, 0) is 53.6 Å². The van der Waals surface area contributed by atoms with Crippen LogP contribution in [0.2, 0.25) is 5.02 Å². The summed E-state index contributed by atoms with van der Waals surface area (Å²) in [6.07, 6.45) is -5.08. The minimum absolute atomic E-state index is 0.188. The number of anilines is 1. The largest absolute Gasteiger partial charge is 0.496 e. The Labute approximate surface area is 212 Å². The highest BCUT2D eigenvalue weighted by Gasteiger charge is 2.38. The van der Waals surface area contributed by atoms with Gasteiger partial charge in [-0.3, -0.25) is 4.79 Å². The number of aliphatic carboxylic acids is 1. The van der Waals surface area contributed by atoms with E-state index in [1.165, 1.54) is 0 Å². The Morgan fingerprint density at radius 3 is 2.14 bits per heavy atom. The molecule has 0 atom stereocenters. The van der Waals surface area contributed by atoms with Crippen LogP contribution in [0.15, 0.2) is 66.7 Å². The van der Waals surface area contributed by atoms with E-state index in [1.807, 2.05) is 36.4 Å². The lowest BCUT2D eigenvalue weighted by Crippen LogP contribution is -2.22. The highest BCUT2D eigenvalue weighted by atomic mass is 35.5. The number of hydrogen-bond acceptors (Lipinski definition) is 4. The fourth-order valence-electron chi connectivity index (χ4n) is 2.99. The lowest BCUT2D eigenvalue weighted by molar-refractivity contribution is -0.192. The molecule has 1 amide bonds. The van der Waals surface area contributed by atoms with Crippen molar-refractivity contribution in [2.45, 2.75) is 32.6 Å². The van der Waals surface area contributed by atoms with E-state index in [-0.39, 0.29) is 5.91 Å². The van der Waals surface area contributed by atoms with Gasteiger partial charge in [0.15, 0.2) is 0 Å². The van der Waals surface area contributed by atoms with Crippen molar-refractivity contribution < 1.29 is 32.6 Å². The number of alkyl halides is 3. The van der Waals surface area contributed by atoms with Crippen LogP contribution < -0.4 is 15.4 Å². The molecule has 0 aromatic heterocycles. The Morgan fingerprint density at radius 1 is 1.00 bits per heavy atom. The quantitative estimate of drug-likeness (QED) is 0.334. The summed E-state index contributed by atoms with van der Waals surface area (Å²) >= 11 is 5.96. The molecule has 0 spiro atoms. The Kier molecular flexibility index (Phi) is 10.3. The van der Waals surface area contributed by atoms with E-state index in [0.717, 1.165) is 34.7 Å². The summed E-state index contributed by atoms with van der Waals surface area (Å²) in [5.41, 5.74) is 4.53. The van der Waals surface area contributed by atoms with Crippen LogP contribution in [-0.2, 0) is 11.3 Å². The van der Waals surface area contributed by atoms with E-state index < -0.39 is 12.1 Å². The number of benzene rings is 3. The molecule has 3 aromatic carbocycles. The summed E-state index contributed by atoms with van der Waals surface area (Å²) in [4.78, 5) is 21.3. The molecule has 0 aliphatic rings. The minimum atomic E-state index is -5.08. The summed E-state index contributed by atoms with van der Waals surface area (Å²) in [6.45, 7) is 4.97. The maximum absolute atomic E-state index is 12.4. The summed E-state index contributed by atoms with van der Waals surface area (Å²) in [6, 6.07) is 21.2. The molecule has 0 unspecified atom stereocenters. The van der Waals surface area contributed by atoms with Crippen LogP contribution in [0.25, 0.3) is 11.1 Å². The Balaban J connectivity index is 0.000000572. The summed E-state index contributed by atoms with van der Waals surface area (Å²) < 4.78 is 37.2. The monoisotopic (exact) mass is 522 g/mol. The number of carboxylic acid groups (broad SMARTS) is 1. The van der Waals surface area contributed by atoms with Gasteiger partial charge >= 0.3 is 12.1 Å². The molecule has 3 N–H and O–H groups in total. The number of amides is 1. The number of halogens is 4. The van der Waals surface area contributed by atoms with Crippen molar-refractivity contribution in [1.29, 1.82) is 0 Å². The highest BCUT2D eigenvalue weighted by molar-refractivity contribution is 6.31. The van der Waals surface area contributed by atoms with Crippen LogP contribution in [0.5, 0.6) is 5.75 Å². The zero-order chi connectivity index (χ0) is 26.9. The molecule has 0 fully saturated rings. The fraction of sp³-hybridized carbons (Fsp3) is 0.231. The van der Waals surface area contributed by atoms with Gasteiger partial charge < -0.3 is 20.5 Å². The van der Waals surface area contributed by atoms with Gasteiger partial charge in [0.05, 0.1) is 7.11 Å². The predicted molar refractivity (Wildman–Crippen MR) is 134 cm³/mol. The topological polar surface area (TPSA) is 87.7 Å². The third kappa shape index (κ3) is 8.90. The van der Waals surface area contributed by atoms with E-state index in [1.54, 1.807) is 31.4 Å². The van der Waals surface area contributed by atoms with E-state index in [4.69, 9.17) is 26.2 Å². The third-order valence-corrected chi connectivity index (χ3v) is 5.02. The van der Waals surface area contributed by atoms with Crippen LogP contribution >= 0.6 is 11.6 Å². The second kappa shape index (κ2) is 12.9. The van der Waals surface area contributed by atoms with E-state index in [2.05, 4.69) is 30.5 Å². The van der Waals surface area contributed by atoms with Crippen molar-refractivity contribution in [1.82, 2.24) is 5.32 Å². The van der Waals surface area contributed by atoms with Gasteiger partial charge in [0.2, 0.25) is 0 Å². The van der Waals surface area contributed by atoms with Crippen LogP contribution in [0.3, 0.4) is 0 Å². The first-order valence-corrected chi connectivity index (χ1v) is 11.2. The van der Waals surface area contributed by atoms with Gasteiger partial charge in [-0.2, -0.15) is 13.2 Å². The summed E-state index contributed by atoms with van der Waals surface area (Å²) in [7, 11) is 1.69. The third-order valence-electron chi connectivity index (χ3n) is 4.79. The van der Waals surface area contributed by atoms with Crippen LogP contribution in [0.4, 0.5) is 18.9 Å². The molecule has 0 saturated heterocycles. The number of ether oxygens (including phenoxy) is 1. The molecule has 0 heterocycles. The fourth-order valence-corrected chi connectivity index (χ4v) is 3.18. The Hall–Kier alpha value is -3.56. The van der Waals surface area contributed by atoms with E-state index >= 15 is 0 Å². The standard InChI is InChI=1S/C24H25ClN2O2.C2HF3O2/c1-16(2)26-15-20-13-18(9-12-23(20)29-3)17-7-10-22(11-8-17)27-24(28)19-5-4-6-21(25)14-19;3-2(4,5)1(6)7/h4-14,16,26H,15H2,1-3H3,(H,27,28);(H,6,7). The second-order valence-corrected chi connectivity index (χ2v) is 8.34. The van der Waals surface area contributed by atoms with Gasteiger partial charge in [0.25, 0.3) is 5.91 Å². The average molecular weight is 523 g/mol. The lowest BCUT2D eigenvalue weighted by Gasteiger charge is -2.14. The molecule has 0 bridgehead atoms. The SMILES string of the molecule is COc1ccc(-c2ccc(NC(=O)c3cccc(Cl)c3)cc2)cc1CNC(C)C.O=C(O)C(F)(F)F. The van der Waals surface area contributed by atoms with Crippen molar-refractivity contribution in [2.24, 2.45) is 0 Å². The number of rotatable bonds is 7. The molecule has 0 aliphatic carbocycles. The smallest absolute Gasteiger partial charge is 0.490 e. The van der Waals surface area contributed by atoms with Crippen LogP contribution in [0.1, 0.15) is 29.8 Å². The first kappa shape index (κ1) is 28.7. The van der Waals surface area contributed by atoms with Crippen molar-refractivity contribution >= 4 is 29.2 Å². The average Bonchev–Trinajstić information content (AvgIpc) is 2.82. The number of methoxy groups -OCH3 is 1. The molecule has 36 heavy (non-hydrogen) atoms. The van der Waals surface area contributed by atoms with E-state index in [9.17, 15) is 18.0 Å². The van der Waals surface area contributed by atoms with Gasteiger partial charge in [-0.15, -0.1) is 0 Å². The number of carboxylic acids is 1. The maximum Gasteiger partial charge on any atom is 0.490 e. The predicted octanol–water partition coefficient (Wildman–Crippen LogP) is 6.40. The first-order chi connectivity index (χ1) is 16.9. The Bertz CT molecular complexity index is 1180. The van der Waals surface area contributed by atoms with Crippen molar-refractivity contribution in [3.63, 3.8) is 0 Å². The molecule has 3 rings (SSSR count). The van der Waals surface area contributed by atoms with E-state index in [0.29, 0.717) is 16.6 Å². The molecule has 0 aliphatic heterocycles. The highest BCUT2D eigenvalue weighted by Crippen LogP contribution is 2.28. The molecular formula is C26H26ClF3N2O4. The molecule has 0 saturated carbocycles. The summed E-state index contributed by atoms with van der Waals surface area (Å²) in [5, 5.41) is 14.0. The maximum atomic E-state index is 12.4. The van der Waals surface area contributed by atoms with Gasteiger partial charge in [-0.1, -0.05) is 49.7 Å². The van der Waals surface area contributed by atoms with Crippen LogP contribution in [-0.4, -0.2) is 36.3 Å². The van der Waals surface area contributed by atoms with Crippen molar-refractivity contribution in [3.05, 3.63) is 82.9 Å². The molecule has 10 heteroatoms. The molecule has 192 valence electrons. The number of hydrogen-bond donors (Lipinski definition) is 3. The normalized spacial score (nSPS) is 10.9. The molecule has 3 aromatic rings.